The molecular formula is C24H22N2O8. The predicted octanol–water partition coefficient (Wildman–Crippen LogP) is 1.71. The minimum Gasteiger partial charge on any atom is -0.481 e. The summed E-state index contributed by atoms with van der Waals surface area (Å²) in [6.07, 6.45) is 9.13. The molecule has 3 aliphatic carbocycles. The molecule has 5 rings (SSSR count). The number of carboxylic acid groups (broad SMARTS) is 2. The zero-order valence-corrected chi connectivity index (χ0v) is 17.9. The first-order chi connectivity index (χ1) is 16.4. The van der Waals surface area contributed by atoms with Crippen LogP contribution in [-0.4, -0.2) is 44.1 Å². The number of ether oxygens (including phenoxy) is 2. The Morgan fingerprint density at radius 1 is 0.706 bits per heavy atom. The number of esters is 2. The number of aromatic nitrogens is 2. The second-order valence-corrected chi connectivity index (χ2v) is 8.26. The van der Waals surface area contributed by atoms with E-state index in [2.05, 4.69) is 9.97 Å². The molecule has 34 heavy (non-hydrogen) atoms. The summed E-state index contributed by atoms with van der Waals surface area (Å²) in [6, 6.07) is 6.71. The molecule has 2 aromatic heterocycles. The molecule has 0 amide bonds. The molecule has 3 aliphatic rings. The van der Waals surface area contributed by atoms with Crippen LogP contribution in [0.4, 0.5) is 0 Å². The molecule has 2 N–H and O–H groups in total. The number of allylic oxidation sites excluding steroid dienone is 2. The monoisotopic (exact) mass is 466 g/mol. The molecule has 1 saturated carbocycles. The second-order valence-electron chi connectivity index (χ2n) is 8.26. The van der Waals surface area contributed by atoms with Crippen LogP contribution in [0.25, 0.3) is 0 Å². The first-order valence-corrected chi connectivity index (χ1v) is 10.6. The van der Waals surface area contributed by atoms with Gasteiger partial charge in [0.1, 0.15) is 13.2 Å². The molecule has 0 aromatic carbocycles. The van der Waals surface area contributed by atoms with E-state index in [0.717, 1.165) is 0 Å². The fraction of sp³-hybridized carbons (Fsp3) is 0.333. The van der Waals surface area contributed by atoms with Gasteiger partial charge in [-0.15, -0.1) is 0 Å². The topological polar surface area (TPSA) is 153 Å². The van der Waals surface area contributed by atoms with Gasteiger partial charge in [0.2, 0.25) is 0 Å². The van der Waals surface area contributed by atoms with E-state index >= 15 is 0 Å². The maximum atomic E-state index is 13.0. The molecule has 0 saturated heterocycles. The van der Waals surface area contributed by atoms with Crippen molar-refractivity contribution in [3.05, 3.63) is 72.3 Å². The highest BCUT2D eigenvalue weighted by Crippen LogP contribution is 2.52. The molecule has 176 valence electrons. The van der Waals surface area contributed by atoms with E-state index in [1.807, 2.05) is 0 Å². The normalized spacial score (nSPS) is 27.1. The lowest BCUT2D eigenvalue weighted by Gasteiger charge is -2.48. The van der Waals surface area contributed by atoms with Gasteiger partial charge < -0.3 is 19.7 Å². The summed E-state index contributed by atoms with van der Waals surface area (Å²) < 4.78 is 10.7. The van der Waals surface area contributed by atoms with Crippen molar-refractivity contribution in [2.45, 2.75) is 13.2 Å². The Kier molecular flexibility index (Phi) is 6.67. The van der Waals surface area contributed by atoms with Crippen molar-refractivity contribution in [2.75, 3.05) is 0 Å². The number of fused-ring (bicyclic) bond motifs is 2. The molecule has 0 spiro atoms. The molecule has 6 atom stereocenters. The standard InChI is InChI=1S/C24H22N2O8/c27-21(28)17-16-6-5-15(19(17)23(31)33-11-13-3-1-7-25-9-13)18(22(29)30)20(16)24(32)34-12-14-4-2-8-26-10-14/h1-10,15-20H,11-12H2,(H,27,28)(H,29,30)/t15-,16+,17+,18-,19+,20-. The fourth-order valence-corrected chi connectivity index (χ4v) is 4.85. The van der Waals surface area contributed by atoms with Gasteiger partial charge in [-0.2, -0.15) is 0 Å². The number of hydrogen-bond acceptors (Lipinski definition) is 8. The SMILES string of the molecule is O=C(O)[C@@H]1[C@H]2C=C[C@H]([C@H]1C(=O)OCc1cccnc1)[C@H](C(=O)O)[C@H]2C(=O)OCc1cccnc1. The van der Waals surface area contributed by atoms with Crippen molar-refractivity contribution >= 4 is 23.9 Å². The molecular weight excluding hydrogens is 444 g/mol. The van der Waals surface area contributed by atoms with Gasteiger partial charge in [-0.25, -0.2) is 0 Å². The Labute approximate surface area is 194 Å². The van der Waals surface area contributed by atoms with Gasteiger partial charge in [-0.05, 0) is 12.1 Å². The van der Waals surface area contributed by atoms with Crippen molar-refractivity contribution in [1.82, 2.24) is 9.97 Å². The summed E-state index contributed by atoms with van der Waals surface area (Å²) >= 11 is 0. The highest BCUT2D eigenvalue weighted by atomic mass is 16.5. The first kappa shape index (κ1) is 23.1. The lowest BCUT2D eigenvalue weighted by atomic mass is 9.53. The van der Waals surface area contributed by atoms with Crippen LogP contribution in [0.3, 0.4) is 0 Å². The third-order valence-corrected chi connectivity index (χ3v) is 6.31. The molecule has 10 nitrogen and oxygen atoms in total. The van der Waals surface area contributed by atoms with E-state index in [0.29, 0.717) is 11.1 Å². The number of hydrogen-bond donors (Lipinski definition) is 2. The number of nitrogens with zero attached hydrogens (tertiary/aromatic N) is 2. The summed E-state index contributed by atoms with van der Waals surface area (Å²) in [4.78, 5) is 58.2. The van der Waals surface area contributed by atoms with Gasteiger partial charge in [-0.3, -0.25) is 29.1 Å². The molecule has 0 radical (unpaired) electrons. The summed E-state index contributed by atoms with van der Waals surface area (Å²) in [5.41, 5.74) is 1.21. The predicted molar refractivity (Wildman–Crippen MR) is 113 cm³/mol. The van der Waals surface area contributed by atoms with Gasteiger partial charge in [0, 0.05) is 47.8 Å². The smallest absolute Gasteiger partial charge is 0.310 e. The minimum absolute atomic E-state index is 0.134. The summed E-state index contributed by atoms with van der Waals surface area (Å²) in [6.45, 7) is -0.268. The average Bonchev–Trinajstić information content (AvgIpc) is 2.86. The van der Waals surface area contributed by atoms with E-state index in [-0.39, 0.29) is 13.2 Å². The summed E-state index contributed by atoms with van der Waals surface area (Å²) in [5, 5.41) is 19.9. The van der Waals surface area contributed by atoms with Crippen LogP contribution < -0.4 is 0 Å². The van der Waals surface area contributed by atoms with Crippen molar-refractivity contribution in [1.29, 1.82) is 0 Å². The lowest BCUT2D eigenvalue weighted by Crippen LogP contribution is -2.57. The largest absolute Gasteiger partial charge is 0.481 e. The van der Waals surface area contributed by atoms with Crippen LogP contribution >= 0.6 is 0 Å². The average molecular weight is 466 g/mol. The Bertz CT molecular complexity index is 1020. The Morgan fingerprint density at radius 3 is 1.44 bits per heavy atom. The minimum atomic E-state index is -1.33. The zero-order chi connectivity index (χ0) is 24.2. The van der Waals surface area contributed by atoms with E-state index in [1.54, 1.807) is 36.7 Å². The number of carboxylic acids is 2. The first-order valence-electron chi connectivity index (χ1n) is 10.6. The van der Waals surface area contributed by atoms with Crippen LogP contribution in [0.5, 0.6) is 0 Å². The maximum Gasteiger partial charge on any atom is 0.310 e. The van der Waals surface area contributed by atoms with Crippen molar-refractivity contribution < 1.29 is 38.9 Å². The second kappa shape index (κ2) is 9.82. The zero-order valence-electron chi connectivity index (χ0n) is 17.9. The molecule has 10 heteroatoms. The lowest BCUT2D eigenvalue weighted by molar-refractivity contribution is -0.183. The van der Waals surface area contributed by atoms with E-state index in [4.69, 9.17) is 9.47 Å². The number of carbonyl (C=O) groups is 4. The number of rotatable bonds is 8. The van der Waals surface area contributed by atoms with Crippen molar-refractivity contribution in [3.8, 4) is 0 Å². The van der Waals surface area contributed by atoms with Crippen molar-refractivity contribution in [2.24, 2.45) is 35.5 Å². The Balaban J connectivity index is 1.57. The van der Waals surface area contributed by atoms with Crippen LogP contribution in [0, 0.1) is 35.5 Å². The van der Waals surface area contributed by atoms with Gasteiger partial charge in [0.05, 0.1) is 23.7 Å². The van der Waals surface area contributed by atoms with Crippen LogP contribution in [0.1, 0.15) is 11.1 Å². The van der Waals surface area contributed by atoms with E-state index in [1.165, 1.54) is 24.5 Å². The summed E-state index contributed by atoms with van der Waals surface area (Å²) in [7, 11) is 0. The van der Waals surface area contributed by atoms with Gasteiger partial charge in [-0.1, -0.05) is 24.3 Å². The van der Waals surface area contributed by atoms with E-state index < -0.39 is 59.4 Å². The Hall–Kier alpha value is -4.08. The van der Waals surface area contributed by atoms with Gasteiger partial charge in [0.15, 0.2) is 0 Å². The molecule has 1 fully saturated rings. The molecule has 2 aromatic rings. The molecule has 2 bridgehead atoms. The van der Waals surface area contributed by atoms with Crippen LogP contribution in [0.15, 0.2) is 61.2 Å². The molecule has 0 unspecified atom stereocenters. The fourth-order valence-electron chi connectivity index (χ4n) is 4.85. The van der Waals surface area contributed by atoms with Gasteiger partial charge in [0.25, 0.3) is 0 Å². The number of pyridine rings is 2. The summed E-state index contributed by atoms with van der Waals surface area (Å²) in [5.74, 6) is -11.5. The molecule has 2 heterocycles. The highest BCUT2D eigenvalue weighted by molar-refractivity contribution is 5.89. The van der Waals surface area contributed by atoms with Crippen LogP contribution in [0.2, 0.25) is 0 Å². The molecule has 0 aliphatic heterocycles. The Morgan fingerprint density at radius 2 is 1.12 bits per heavy atom. The quantitative estimate of drug-likeness (QED) is 0.434. The maximum absolute atomic E-state index is 13.0. The number of carbonyl (C=O) groups excluding carboxylic acids is 2. The van der Waals surface area contributed by atoms with Gasteiger partial charge >= 0.3 is 23.9 Å². The van der Waals surface area contributed by atoms with Crippen molar-refractivity contribution in [3.63, 3.8) is 0 Å². The number of aliphatic carboxylic acids is 2. The third-order valence-electron chi connectivity index (χ3n) is 6.31. The third kappa shape index (κ3) is 4.52. The van der Waals surface area contributed by atoms with Crippen LogP contribution in [-0.2, 0) is 41.9 Å². The van der Waals surface area contributed by atoms with E-state index in [9.17, 15) is 29.4 Å². The highest BCUT2D eigenvalue weighted by Gasteiger charge is 2.61.